The predicted octanol–water partition coefficient (Wildman–Crippen LogP) is -2.67. The van der Waals surface area contributed by atoms with Crippen molar-refractivity contribution < 1.29 is 43.0 Å². The highest BCUT2D eigenvalue weighted by Gasteiger charge is 2.34. The molecule has 0 aromatic heterocycles. The van der Waals surface area contributed by atoms with E-state index in [1.807, 2.05) is 20.8 Å². The normalized spacial score (nSPS) is 11.1. The Morgan fingerprint density at radius 2 is 1.03 bits per heavy atom. The molecular weight excluding hydrogens is 809 g/mol. The van der Waals surface area contributed by atoms with Crippen LogP contribution in [0.1, 0.15) is 85.6 Å². The predicted molar refractivity (Wildman–Crippen MR) is 234 cm³/mol. The first-order valence-corrected chi connectivity index (χ1v) is 20.2. The molecule has 0 bridgehead atoms. The van der Waals surface area contributed by atoms with Crippen LogP contribution in [-0.2, 0) is 33.4 Å². The van der Waals surface area contributed by atoms with Crippen molar-refractivity contribution in [2.45, 2.75) is 77.3 Å². The first-order valence-electron chi connectivity index (χ1n) is 20.2. The molecule has 1 rings (SSSR count). The Labute approximate surface area is 362 Å². The van der Waals surface area contributed by atoms with Crippen LogP contribution in [0, 0.1) is 12.3 Å². The Hall–Kier alpha value is -6.07. The van der Waals surface area contributed by atoms with Crippen molar-refractivity contribution in [1.82, 2.24) is 31.9 Å². The van der Waals surface area contributed by atoms with Gasteiger partial charge >= 0.3 is 0 Å². The molecule has 0 aliphatic heterocycles. The van der Waals surface area contributed by atoms with Crippen molar-refractivity contribution in [2.75, 3.05) is 78.9 Å². The third kappa shape index (κ3) is 26.9. The van der Waals surface area contributed by atoms with Gasteiger partial charge in [0.15, 0.2) is 11.9 Å². The van der Waals surface area contributed by atoms with E-state index in [-0.39, 0.29) is 145 Å². The molecule has 23 heteroatoms. The number of benzene rings is 1. The Morgan fingerprint density at radius 1 is 0.581 bits per heavy atom. The zero-order chi connectivity index (χ0) is 46.6. The number of aliphatic imine (C=N–C) groups is 2. The molecule has 6 amide bonds. The second-order valence-corrected chi connectivity index (χ2v) is 15.3. The molecule has 17 N–H and O–H groups in total. The fourth-order valence-corrected chi connectivity index (χ4v) is 5.27. The number of ether oxygens (including phenoxy) is 3. The largest absolute Gasteiger partial charge is 0.388 e. The van der Waals surface area contributed by atoms with E-state index in [0.717, 1.165) is 0 Å². The number of hydrogen-bond acceptors (Lipinski definition) is 12. The third-order valence-electron chi connectivity index (χ3n) is 8.09. The summed E-state index contributed by atoms with van der Waals surface area (Å²) in [4.78, 5) is 84.4. The standard InChI is InChI=1S/C39H68N14O9/c1-26-20-27(22-28(21-26)35(59)53-38(2,3)4)34(58)49-12-7-33(57)52-39(23-60-17-8-30(54)46-11-5-6-29(40)41,24-61-18-9-31(55)47-13-15-50-36(42)43)25-62-19-10-32(56)48-14-16-51-37(44)45/h20-22H,5-19,23-25H2,1-4H3,(H3,40,41)(H,46,54)(H,47,55)(H,48,56)(H,49,58)(H,52,57)(H,53,59)(H4,42,43,50)(H4,44,45,51). The van der Waals surface area contributed by atoms with Gasteiger partial charge in [-0.25, -0.2) is 0 Å². The Bertz CT molecular complexity index is 1650. The molecule has 0 spiro atoms. The van der Waals surface area contributed by atoms with Crippen LogP contribution in [0.4, 0.5) is 0 Å². The molecule has 0 fully saturated rings. The highest BCUT2D eigenvalue weighted by molar-refractivity contribution is 6.00. The van der Waals surface area contributed by atoms with Crippen LogP contribution in [0.2, 0.25) is 0 Å². The van der Waals surface area contributed by atoms with Gasteiger partial charge in [-0.3, -0.25) is 44.2 Å². The van der Waals surface area contributed by atoms with E-state index in [1.54, 1.807) is 19.1 Å². The molecule has 0 aliphatic rings. The van der Waals surface area contributed by atoms with Gasteiger partial charge in [-0.1, -0.05) is 0 Å². The van der Waals surface area contributed by atoms with Crippen molar-refractivity contribution in [3.05, 3.63) is 34.9 Å². The minimum absolute atomic E-state index is 0.0159. The molecule has 1 aromatic carbocycles. The van der Waals surface area contributed by atoms with Crippen molar-refractivity contribution in [3.8, 4) is 0 Å². The van der Waals surface area contributed by atoms with Crippen molar-refractivity contribution in [1.29, 1.82) is 5.41 Å². The number of nitrogens with one attached hydrogen (secondary N) is 7. The maximum absolute atomic E-state index is 13.6. The van der Waals surface area contributed by atoms with Crippen LogP contribution in [0.25, 0.3) is 0 Å². The average molecular weight is 877 g/mol. The molecule has 348 valence electrons. The highest BCUT2D eigenvalue weighted by Crippen LogP contribution is 2.13. The number of nitrogens with zero attached hydrogens (tertiary/aromatic N) is 2. The third-order valence-corrected chi connectivity index (χ3v) is 8.09. The van der Waals surface area contributed by atoms with Crippen LogP contribution < -0.4 is 60.6 Å². The van der Waals surface area contributed by atoms with Gasteiger partial charge in [0, 0.05) is 74.9 Å². The van der Waals surface area contributed by atoms with Gasteiger partial charge in [-0.05, 0) is 57.9 Å². The zero-order valence-corrected chi connectivity index (χ0v) is 36.4. The molecule has 0 aliphatic carbocycles. The quantitative estimate of drug-likeness (QED) is 0.0206. The lowest BCUT2D eigenvalue weighted by molar-refractivity contribution is -0.130. The van der Waals surface area contributed by atoms with E-state index in [0.29, 0.717) is 30.5 Å². The fourth-order valence-electron chi connectivity index (χ4n) is 5.27. The lowest BCUT2D eigenvalue weighted by atomic mass is 10.0. The summed E-state index contributed by atoms with van der Waals surface area (Å²) in [6.07, 6.45) is 0.497. The van der Waals surface area contributed by atoms with Gasteiger partial charge in [0.1, 0.15) is 5.54 Å². The van der Waals surface area contributed by atoms with Crippen molar-refractivity contribution in [2.24, 2.45) is 38.7 Å². The second kappa shape index (κ2) is 29.2. The van der Waals surface area contributed by atoms with Crippen molar-refractivity contribution >= 4 is 53.2 Å². The van der Waals surface area contributed by atoms with Crippen LogP contribution in [0.5, 0.6) is 0 Å². The van der Waals surface area contributed by atoms with E-state index < -0.39 is 22.9 Å². The van der Waals surface area contributed by atoms with E-state index in [2.05, 4.69) is 41.9 Å². The second-order valence-electron chi connectivity index (χ2n) is 15.3. The first-order chi connectivity index (χ1) is 29.2. The SMILES string of the molecule is Cc1cc(C(=O)NCCC(=O)NC(COCCC(=O)NCCCC(=N)N)(COCCC(=O)NCCN=C(N)N)COCCC(=O)NCCN=C(N)N)cc(C(=O)NC(C)(C)C)c1. The number of rotatable bonds is 31. The van der Waals surface area contributed by atoms with Crippen LogP contribution in [0.15, 0.2) is 28.2 Å². The van der Waals surface area contributed by atoms with Gasteiger partial charge in [-0.15, -0.1) is 0 Å². The summed E-state index contributed by atoms with van der Waals surface area (Å²) < 4.78 is 17.7. The number of amidine groups is 1. The first kappa shape index (κ1) is 53.9. The molecule has 1 aromatic rings. The zero-order valence-electron chi connectivity index (χ0n) is 36.4. The summed E-state index contributed by atoms with van der Waals surface area (Å²) in [6, 6.07) is 4.77. The van der Waals surface area contributed by atoms with Gasteiger partial charge < -0.3 is 74.8 Å². The Kier molecular flexibility index (Phi) is 25.4. The minimum atomic E-state index is -1.40. The molecule has 0 unspecified atom stereocenters. The Morgan fingerprint density at radius 3 is 1.47 bits per heavy atom. The minimum Gasteiger partial charge on any atom is -0.388 e. The van der Waals surface area contributed by atoms with E-state index in [4.69, 9.17) is 48.3 Å². The Balaban J connectivity index is 3.13. The number of aryl methyl sites for hydroxylation is 1. The molecule has 62 heavy (non-hydrogen) atoms. The van der Waals surface area contributed by atoms with Crippen LogP contribution in [-0.4, -0.2) is 143 Å². The number of amides is 6. The summed E-state index contributed by atoms with van der Waals surface area (Å²) in [6.45, 7) is 7.39. The molecule has 0 saturated heterocycles. The lowest BCUT2D eigenvalue weighted by Gasteiger charge is -2.34. The van der Waals surface area contributed by atoms with Crippen LogP contribution >= 0.6 is 0 Å². The number of carbonyl (C=O) groups is 6. The molecule has 0 heterocycles. The summed E-state index contributed by atoms with van der Waals surface area (Å²) >= 11 is 0. The highest BCUT2D eigenvalue weighted by atomic mass is 16.5. The molecule has 23 nitrogen and oxygen atoms in total. The maximum Gasteiger partial charge on any atom is 0.251 e. The number of guanidine groups is 2. The van der Waals surface area contributed by atoms with Gasteiger partial charge in [0.05, 0.1) is 58.6 Å². The number of nitrogens with two attached hydrogens (primary N) is 5. The average Bonchev–Trinajstić information content (AvgIpc) is 3.17. The topological polar surface area (TPSA) is 381 Å². The molecular formula is C39H68N14O9. The van der Waals surface area contributed by atoms with E-state index in [1.165, 1.54) is 6.07 Å². The summed E-state index contributed by atoms with van der Waals surface area (Å²) in [5, 5.41) is 23.8. The monoisotopic (exact) mass is 877 g/mol. The fraction of sp³-hybridized carbons (Fsp3) is 0.615. The van der Waals surface area contributed by atoms with E-state index >= 15 is 0 Å². The summed E-state index contributed by atoms with van der Waals surface area (Å²) in [5.74, 6) is -2.56. The van der Waals surface area contributed by atoms with Crippen LogP contribution in [0.3, 0.4) is 0 Å². The number of carbonyl (C=O) groups excluding carboxylic acids is 6. The van der Waals surface area contributed by atoms with Crippen molar-refractivity contribution in [3.63, 3.8) is 0 Å². The smallest absolute Gasteiger partial charge is 0.251 e. The maximum atomic E-state index is 13.6. The van der Waals surface area contributed by atoms with Gasteiger partial charge in [-0.2, -0.15) is 0 Å². The number of hydrogen-bond donors (Lipinski definition) is 12. The lowest BCUT2D eigenvalue weighted by Crippen LogP contribution is -2.59. The summed E-state index contributed by atoms with van der Waals surface area (Å²) in [5.41, 5.74) is 26.0. The van der Waals surface area contributed by atoms with Gasteiger partial charge in [0.25, 0.3) is 11.8 Å². The molecule has 0 atom stereocenters. The van der Waals surface area contributed by atoms with Gasteiger partial charge in [0.2, 0.25) is 23.6 Å². The molecule has 0 saturated carbocycles. The summed E-state index contributed by atoms with van der Waals surface area (Å²) in [7, 11) is 0. The van der Waals surface area contributed by atoms with E-state index in [9.17, 15) is 28.8 Å². The molecule has 0 radical (unpaired) electrons.